The van der Waals surface area contributed by atoms with E-state index < -0.39 is 5.97 Å². The molecule has 94 valence electrons. The van der Waals surface area contributed by atoms with Gasteiger partial charge in [-0.1, -0.05) is 19.3 Å². The molecule has 0 spiro atoms. The van der Waals surface area contributed by atoms with Gasteiger partial charge < -0.3 is 10.4 Å². The van der Waals surface area contributed by atoms with Gasteiger partial charge in [-0.25, -0.2) is 0 Å². The molecule has 0 amide bonds. The van der Waals surface area contributed by atoms with Crippen molar-refractivity contribution in [3.63, 3.8) is 0 Å². The summed E-state index contributed by atoms with van der Waals surface area (Å²) in [5.41, 5.74) is 0. The average Bonchev–Trinajstić information content (AvgIpc) is 2.27. The Kier molecular flexibility index (Phi) is 5.81. The van der Waals surface area contributed by atoms with Crippen LogP contribution in [0.15, 0.2) is 0 Å². The standard InChI is InChI=1S/C13H25NO2/c1-10(8-9-13(15)16)14-11(2)12-6-4-3-5-7-12/h10-12,14H,3-9H2,1-2H3,(H,15,16). The first-order valence-corrected chi connectivity index (χ1v) is 6.57. The van der Waals surface area contributed by atoms with E-state index in [0.717, 1.165) is 12.3 Å². The summed E-state index contributed by atoms with van der Waals surface area (Å²) in [4.78, 5) is 10.5. The lowest BCUT2D eigenvalue weighted by atomic mass is 9.84. The van der Waals surface area contributed by atoms with Crippen LogP contribution >= 0.6 is 0 Å². The summed E-state index contributed by atoms with van der Waals surface area (Å²) < 4.78 is 0. The average molecular weight is 227 g/mol. The summed E-state index contributed by atoms with van der Waals surface area (Å²) >= 11 is 0. The second-order valence-electron chi connectivity index (χ2n) is 5.19. The third kappa shape index (κ3) is 4.97. The zero-order chi connectivity index (χ0) is 12.0. The molecule has 1 rings (SSSR count). The van der Waals surface area contributed by atoms with Crippen molar-refractivity contribution < 1.29 is 9.90 Å². The third-order valence-electron chi connectivity index (χ3n) is 3.70. The van der Waals surface area contributed by atoms with Crippen molar-refractivity contribution in [2.45, 2.75) is 70.9 Å². The number of rotatable bonds is 6. The quantitative estimate of drug-likeness (QED) is 0.733. The van der Waals surface area contributed by atoms with Gasteiger partial charge in [0.05, 0.1) is 0 Å². The molecule has 1 aliphatic carbocycles. The van der Waals surface area contributed by atoms with Crippen LogP contribution in [-0.4, -0.2) is 23.2 Å². The van der Waals surface area contributed by atoms with Gasteiger partial charge in [-0.2, -0.15) is 0 Å². The van der Waals surface area contributed by atoms with Gasteiger partial charge in [-0.15, -0.1) is 0 Å². The minimum atomic E-state index is -0.695. The summed E-state index contributed by atoms with van der Waals surface area (Å²) in [5, 5.41) is 12.2. The number of aliphatic carboxylic acids is 1. The summed E-state index contributed by atoms with van der Waals surface area (Å²) in [7, 11) is 0. The number of nitrogens with one attached hydrogen (secondary N) is 1. The first kappa shape index (κ1) is 13.5. The number of carbonyl (C=O) groups is 1. The van der Waals surface area contributed by atoms with Crippen molar-refractivity contribution in [2.75, 3.05) is 0 Å². The van der Waals surface area contributed by atoms with Gasteiger partial charge in [-0.3, -0.25) is 4.79 Å². The molecular weight excluding hydrogens is 202 g/mol. The van der Waals surface area contributed by atoms with Gasteiger partial charge >= 0.3 is 5.97 Å². The molecule has 0 aromatic rings. The van der Waals surface area contributed by atoms with Gasteiger partial charge in [0.15, 0.2) is 0 Å². The minimum Gasteiger partial charge on any atom is -0.481 e. The second kappa shape index (κ2) is 6.89. The smallest absolute Gasteiger partial charge is 0.303 e. The van der Waals surface area contributed by atoms with Crippen molar-refractivity contribution in [3.8, 4) is 0 Å². The predicted molar refractivity (Wildman–Crippen MR) is 65.5 cm³/mol. The molecule has 16 heavy (non-hydrogen) atoms. The fourth-order valence-electron chi connectivity index (χ4n) is 2.64. The monoisotopic (exact) mass is 227 g/mol. The van der Waals surface area contributed by atoms with Crippen molar-refractivity contribution in [3.05, 3.63) is 0 Å². The zero-order valence-electron chi connectivity index (χ0n) is 10.5. The van der Waals surface area contributed by atoms with Gasteiger partial charge in [0, 0.05) is 18.5 Å². The van der Waals surface area contributed by atoms with Gasteiger partial charge in [0.25, 0.3) is 0 Å². The number of carboxylic acid groups (broad SMARTS) is 1. The Hall–Kier alpha value is -0.570. The van der Waals surface area contributed by atoms with E-state index in [1.54, 1.807) is 0 Å². The largest absolute Gasteiger partial charge is 0.481 e. The zero-order valence-corrected chi connectivity index (χ0v) is 10.5. The Morgan fingerprint density at radius 3 is 2.50 bits per heavy atom. The summed E-state index contributed by atoms with van der Waals surface area (Å²) in [5.74, 6) is 0.0972. The highest BCUT2D eigenvalue weighted by Crippen LogP contribution is 2.26. The highest BCUT2D eigenvalue weighted by Gasteiger charge is 2.21. The van der Waals surface area contributed by atoms with Crippen molar-refractivity contribution >= 4 is 5.97 Å². The van der Waals surface area contributed by atoms with Crippen LogP contribution in [0.2, 0.25) is 0 Å². The van der Waals surface area contributed by atoms with E-state index in [0.29, 0.717) is 12.1 Å². The molecule has 1 aliphatic rings. The van der Waals surface area contributed by atoms with Crippen molar-refractivity contribution in [2.24, 2.45) is 5.92 Å². The normalized spacial score (nSPS) is 21.6. The van der Waals surface area contributed by atoms with Crippen LogP contribution < -0.4 is 5.32 Å². The van der Waals surface area contributed by atoms with Crippen LogP contribution in [0.5, 0.6) is 0 Å². The van der Waals surface area contributed by atoms with Crippen LogP contribution in [0.3, 0.4) is 0 Å². The molecule has 0 heterocycles. The van der Waals surface area contributed by atoms with Gasteiger partial charge in [0.2, 0.25) is 0 Å². The molecule has 1 saturated carbocycles. The maximum absolute atomic E-state index is 10.5. The molecule has 2 unspecified atom stereocenters. The molecule has 0 aromatic carbocycles. The van der Waals surface area contributed by atoms with Crippen molar-refractivity contribution in [1.82, 2.24) is 5.32 Å². The van der Waals surface area contributed by atoms with Crippen LogP contribution in [0.1, 0.15) is 58.8 Å². The molecule has 2 atom stereocenters. The second-order valence-corrected chi connectivity index (χ2v) is 5.19. The SMILES string of the molecule is CC(CCC(=O)O)NC(C)C1CCCCC1. The summed E-state index contributed by atoms with van der Waals surface area (Å²) in [6, 6.07) is 0.845. The van der Waals surface area contributed by atoms with E-state index in [9.17, 15) is 4.79 Å². The molecule has 1 fully saturated rings. The van der Waals surface area contributed by atoms with Crippen LogP contribution in [0.25, 0.3) is 0 Å². The molecule has 0 aromatic heterocycles. The van der Waals surface area contributed by atoms with Crippen LogP contribution in [0, 0.1) is 5.92 Å². The fourth-order valence-corrected chi connectivity index (χ4v) is 2.64. The Balaban J connectivity index is 2.21. The summed E-state index contributed by atoms with van der Waals surface area (Å²) in [6.45, 7) is 4.33. The molecular formula is C13H25NO2. The van der Waals surface area contributed by atoms with E-state index in [1.807, 2.05) is 0 Å². The first-order chi connectivity index (χ1) is 7.59. The highest BCUT2D eigenvalue weighted by molar-refractivity contribution is 5.66. The predicted octanol–water partition coefficient (Wildman–Crippen LogP) is 2.80. The Morgan fingerprint density at radius 2 is 1.94 bits per heavy atom. The number of hydrogen-bond donors (Lipinski definition) is 2. The Morgan fingerprint density at radius 1 is 1.31 bits per heavy atom. The van der Waals surface area contributed by atoms with E-state index in [2.05, 4.69) is 19.2 Å². The first-order valence-electron chi connectivity index (χ1n) is 6.57. The van der Waals surface area contributed by atoms with Crippen LogP contribution in [0.4, 0.5) is 0 Å². The van der Waals surface area contributed by atoms with E-state index in [-0.39, 0.29) is 6.42 Å². The van der Waals surface area contributed by atoms with Gasteiger partial charge in [-0.05, 0) is 39.0 Å². The fraction of sp³-hybridized carbons (Fsp3) is 0.923. The van der Waals surface area contributed by atoms with Crippen molar-refractivity contribution in [1.29, 1.82) is 0 Å². The van der Waals surface area contributed by atoms with E-state index in [4.69, 9.17) is 5.11 Å². The summed E-state index contributed by atoms with van der Waals surface area (Å²) in [6.07, 6.45) is 7.77. The minimum absolute atomic E-state index is 0.269. The lowest BCUT2D eigenvalue weighted by Gasteiger charge is -2.30. The topological polar surface area (TPSA) is 49.3 Å². The molecule has 0 radical (unpaired) electrons. The molecule has 0 saturated heterocycles. The lowest BCUT2D eigenvalue weighted by molar-refractivity contribution is -0.137. The lowest BCUT2D eigenvalue weighted by Crippen LogP contribution is -2.40. The molecule has 3 nitrogen and oxygen atoms in total. The molecule has 0 bridgehead atoms. The van der Waals surface area contributed by atoms with E-state index in [1.165, 1.54) is 32.1 Å². The van der Waals surface area contributed by atoms with E-state index >= 15 is 0 Å². The molecule has 0 aliphatic heterocycles. The number of hydrogen-bond acceptors (Lipinski definition) is 2. The third-order valence-corrected chi connectivity index (χ3v) is 3.70. The maximum atomic E-state index is 10.5. The molecule has 3 heteroatoms. The molecule has 2 N–H and O–H groups in total. The Bertz CT molecular complexity index is 212. The highest BCUT2D eigenvalue weighted by atomic mass is 16.4. The van der Waals surface area contributed by atoms with Gasteiger partial charge in [0.1, 0.15) is 0 Å². The van der Waals surface area contributed by atoms with Crippen LogP contribution in [-0.2, 0) is 4.79 Å². The Labute approximate surface area is 98.6 Å². The maximum Gasteiger partial charge on any atom is 0.303 e. The number of carboxylic acids is 1.